The zero-order chi connectivity index (χ0) is 14.8. The first-order valence-corrected chi connectivity index (χ1v) is 6.67. The van der Waals surface area contributed by atoms with Crippen LogP contribution in [0.2, 0.25) is 0 Å². The summed E-state index contributed by atoms with van der Waals surface area (Å²) in [5.41, 5.74) is 7.35. The fourth-order valence-electron chi connectivity index (χ4n) is 2.36. The van der Waals surface area contributed by atoms with Gasteiger partial charge >= 0.3 is 6.18 Å². The highest BCUT2D eigenvalue weighted by Crippen LogP contribution is 2.23. The molecule has 0 saturated heterocycles. The van der Waals surface area contributed by atoms with Crippen molar-refractivity contribution in [3.8, 4) is 0 Å². The maximum atomic E-state index is 12.4. The Hall–Kier alpha value is -1.56. The number of aryl methyl sites for hydroxylation is 1. The standard InChI is InChI=1S/C14H18F3N3/c1-2-7-20-12-6-4-3-5-11(12)19-13(20)8-10(18)9-14(15,16)17/h3-6,10H,2,7-9,18H2,1H3. The van der Waals surface area contributed by atoms with Gasteiger partial charge in [-0.05, 0) is 18.6 Å². The zero-order valence-corrected chi connectivity index (χ0v) is 11.3. The molecule has 2 rings (SSSR count). The summed E-state index contributed by atoms with van der Waals surface area (Å²) in [6.07, 6.45) is -4.20. The monoisotopic (exact) mass is 285 g/mol. The number of alkyl halides is 3. The Morgan fingerprint density at radius 1 is 1.30 bits per heavy atom. The summed E-state index contributed by atoms with van der Waals surface area (Å²) in [4.78, 5) is 4.42. The van der Waals surface area contributed by atoms with Gasteiger partial charge in [0.1, 0.15) is 5.82 Å². The van der Waals surface area contributed by atoms with Crippen molar-refractivity contribution in [3.05, 3.63) is 30.1 Å². The van der Waals surface area contributed by atoms with Crippen LogP contribution in [0.25, 0.3) is 11.0 Å². The molecule has 6 heteroatoms. The number of hydrogen-bond donors (Lipinski definition) is 1. The highest BCUT2D eigenvalue weighted by molar-refractivity contribution is 5.75. The van der Waals surface area contributed by atoms with E-state index in [0.29, 0.717) is 5.82 Å². The van der Waals surface area contributed by atoms with E-state index < -0.39 is 18.6 Å². The number of benzene rings is 1. The number of nitrogens with two attached hydrogens (primary N) is 1. The average Bonchev–Trinajstić information content (AvgIpc) is 2.66. The third kappa shape index (κ3) is 3.50. The number of imidazole rings is 1. The quantitative estimate of drug-likeness (QED) is 0.916. The van der Waals surface area contributed by atoms with Crippen molar-refractivity contribution in [1.29, 1.82) is 0 Å². The maximum absolute atomic E-state index is 12.4. The second-order valence-electron chi connectivity index (χ2n) is 4.95. The van der Waals surface area contributed by atoms with E-state index in [1.165, 1.54) is 0 Å². The van der Waals surface area contributed by atoms with Crippen LogP contribution in [-0.2, 0) is 13.0 Å². The van der Waals surface area contributed by atoms with E-state index in [1.54, 1.807) is 0 Å². The van der Waals surface area contributed by atoms with E-state index in [4.69, 9.17) is 5.73 Å². The van der Waals surface area contributed by atoms with Crippen molar-refractivity contribution in [1.82, 2.24) is 9.55 Å². The smallest absolute Gasteiger partial charge is 0.328 e. The molecule has 1 unspecified atom stereocenters. The molecule has 0 spiro atoms. The van der Waals surface area contributed by atoms with Crippen LogP contribution >= 0.6 is 0 Å². The van der Waals surface area contributed by atoms with Crippen LogP contribution in [0.3, 0.4) is 0 Å². The van der Waals surface area contributed by atoms with E-state index in [9.17, 15) is 13.2 Å². The third-order valence-electron chi connectivity index (χ3n) is 3.12. The molecule has 0 aliphatic carbocycles. The summed E-state index contributed by atoms with van der Waals surface area (Å²) in [5.74, 6) is 0.629. The van der Waals surface area contributed by atoms with Crippen LogP contribution in [0.5, 0.6) is 0 Å². The molecule has 0 amide bonds. The molecule has 0 radical (unpaired) electrons. The summed E-state index contributed by atoms with van der Waals surface area (Å²) >= 11 is 0. The normalized spacial score (nSPS) is 13.8. The minimum atomic E-state index is -4.24. The Bertz CT molecular complexity index is 575. The Kier molecular flexibility index (Phi) is 4.32. The highest BCUT2D eigenvalue weighted by atomic mass is 19.4. The topological polar surface area (TPSA) is 43.8 Å². The van der Waals surface area contributed by atoms with E-state index >= 15 is 0 Å². The molecular weight excluding hydrogens is 267 g/mol. The van der Waals surface area contributed by atoms with Gasteiger partial charge in [0, 0.05) is 19.0 Å². The van der Waals surface area contributed by atoms with Gasteiger partial charge in [-0.1, -0.05) is 19.1 Å². The molecular formula is C14H18F3N3. The molecule has 3 nitrogen and oxygen atoms in total. The molecule has 1 heterocycles. The SMILES string of the molecule is CCCn1c(CC(N)CC(F)(F)F)nc2ccccc21. The van der Waals surface area contributed by atoms with Gasteiger partial charge in [0.05, 0.1) is 17.5 Å². The molecule has 20 heavy (non-hydrogen) atoms. The van der Waals surface area contributed by atoms with Crippen molar-refractivity contribution in [2.24, 2.45) is 5.73 Å². The molecule has 0 aliphatic rings. The molecule has 1 aromatic carbocycles. The van der Waals surface area contributed by atoms with Gasteiger partial charge < -0.3 is 10.3 Å². The molecule has 0 bridgehead atoms. The Balaban J connectivity index is 2.26. The zero-order valence-electron chi connectivity index (χ0n) is 11.3. The molecule has 1 atom stereocenters. The lowest BCUT2D eigenvalue weighted by atomic mass is 10.1. The van der Waals surface area contributed by atoms with Gasteiger partial charge in [-0.15, -0.1) is 0 Å². The van der Waals surface area contributed by atoms with Gasteiger partial charge in [-0.2, -0.15) is 13.2 Å². The summed E-state index contributed by atoms with van der Waals surface area (Å²) in [6, 6.07) is 6.60. The second-order valence-corrected chi connectivity index (χ2v) is 4.95. The van der Waals surface area contributed by atoms with Crippen LogP contribution in [0, 0.1) is 0 Å². The first-order valence-electron chi connectivity index (χ1n) is 6.67. The number of halogens is 3. The van der Waals surface area contributed by atoms with Crippen LogP contribution in [-0.4, -0.2) is 21.8 Å². The largest absolute Gasteiger partial charge is 0.390 e. The van der Waals surface area contributed by atoms with Gasteiger partial charge in [0.2, 0.25) is 0 Å². The number of para-hydroxylation sites is 2. The van der Waals surface area contributed by atoms with Gasteiger partial charge in [0.25, 0.3) is 0 Å². The lowest BCUT2D eigenvalue weighted by Gasteiger charge is -2.15. The summed E-state index contributed by atoms with van der Waals surface area (Å²) in [7, 11) is 0. The van der Waals surface area contributed by atoms with Crippen molar-refractivity contribution in [2.45, 2.75) is 44.9 Å². The Labute approximate surface area is 115 Å². The molecule has 0 fully saturated rings. The summed E-state index contributed by atoms with van der Waals surface area (Å²) in [6.45, 7) is 2.75. The van der Waals surface area contributed by atoms with Crippen molar-refractivity contribution >= 4 is 11.0 Å². The summed E-state index contributed by atoms with van der Waals surface area (Å²) in [5, 5.41) is 0. The van der Waals surface area contributed by atoms with E-state index in [2.05, 4.69) is 4.98 Å². The number of rotatable bonds is 5. The lowest BCUT2D eigenvalue weighted by molar-refractivity contribution is -0.138. The second kappa shape index (κ2) is 5.83. The van der Waals surface area contributed by atoms with Gasteiger partial charge in [0.15, 0.2) is 0 Å². The fourth-order valence-corrected chi connectivity index (χ4v) is 2.36. The Morgan fingerprint density at radius 2 is 2.00 bits per heavy atom. The number of hydrogen-bond acceptors (Lipinski definition) is 2. The molecule has 2 N–H and O–H groups in total. The van der Waals surface area contributed by atoms with Crippen LogP contribution in [0.4, 0.5) is 13.2 Å². The average molecular weight is 285 g/mol. The van der Waals surface area contributed by atoms with Crippen LogP contribution in [0.1, 0.15) is 25.6 Å². The van der Waals surface area contributed by atoms with Crippen molar-refractivity contribution in [3.63, 3.8) is 0 Å². The first kappa shape index (κ1) is 14.8. The molecule has 1 aromatic heterocycles. The Morgan fingerprint density at radius 3 is 2.65 bits per heavy atom. The highest BCUT2D eigenvalue weighted by Gasteiger charge is 2.31. The predicted molar refractivity (Wildman–Crippen MR) is 72.4 cm³/mol. The van der Waals surface area contributed by atoms with E-state index in [-0.39, 0.29) is 6.42 Å². The van der Waals surface area contributed by atoms with Gasteiger partial charge in [-0.25, -0.2) is 4.98 Å². The third-order valence-corrected chi connectivity index (χ3v) is 3.12. The number of aromatic nitrogens is 2. The van der Waals surface area contributed by atoms with Gasteiger partial charge in [-0.3, -0.25) is 0 Å². The number of fused-ring (bicyclic) bond motifs is 1. The minimum Gasteiger partial charge on any atom is -0.328 e. The van der Waals surface area contributed by atoms with E-state index in [1.807, 2.05) is 35.8 Å². The van der Waals surface area contributed by atoms with Crippen molar-refractivity contribution in [2.75, 3.05) is 0 Å². The molecule has 110 valence electrons. The van der Waals surface area contributed by atoms with E-state index in [0.717, 1.165) is 24.0 Å². The molecule has 0 saturated carbocycles. The van der Waals surface area contributed by atoms with Crippen molar-refractivity contribution < 1.29 is 13.2 Å². The lowest BCUT2D eigenvalue weighted by Crippen LogP contribution is -2.30. The number of nitrogens with zero attached hydrogens (tertiary/aromatic N) is 2. The minimum absolute atomic E-state index is 0.133. The fraction of sp³-hybridized carbons (Fsp3) is 0.500. The van der Waals surface area contributed by atoms with Crippen LogP contribution in [0.15, 0.2) is 24.3 Å². The molecule has 0 aliphatic heterocycles. The predicted octanol–water partition coefficient (Wildman–Crippen LogP) is 3.27. The van der Waals surface area contributed by atoms with Crippen LogP contribution < -0.4 is 5.73 Å². The first-order chi connectivity index (χ1) is 9.40. The maximum Gasteiger partial charge on any atom is 0.390 e. The molecule has 2 aromatic rings. The summed E-state index contributed by atoms with van der Waals surface area (Å²) < 4.78 is 39.0.